The summed E-state index contributed by atoms with van der Waals surface area (Å²) < 4.78 is 0. The summed E-state index contributed by atoms with van der Waals surface area (Å²) in [5.74, 6) is 0.607. The van der Waals surface area contributed by atoms with Crippen LogP contribution in [0.5, 0.6) is 0 Å². The van der Waals surface area contributed by atoms with Crippen LogP contribution in [0.1, 0.15) is 18.4 Å². The average Bonchev–Trinajstić information content (AvgIpc) is 3.12. The highest BCUT2D eigenvalue weighted by Gasteiger charge is 2.23. The third kappa shape index (κ3) is 3.86. The van der Waals surface area contributed by atoms with Crippen molar-refractivity contribution in [1.29, 1.82) is 0 Å². The summed E-state index contributed by atoms with van der Waals surface area (Å²) >= 11 is 0. The minimum absolute atomic E-state index is 0.226. The number of hydrogen-bond donors (Lipinski definition) is 1. The molecule has 86 valence electrons. The zero-order valence-electron chi connectivity index (χ0n) is 8.96. The minimum atomic E-state index is 0.226. The van der Waals surface area contributed by atoms with Crippen LogP contribution >= 0.6 is 0 Å². The summed E-state index contributed by atoms with van der Waals surface area (Å²) in [4.78, 5) is 20.9. The zero-order chi connectivity index (χ0) is 11.2. The van der Waals surface area contributed by atoms with E-state index >= 15 is 0 Å². The molecule has 2 rings (SSSR count). The first-order chi connectivity index (χ1) is 7.84. The molecule has 0 aliphatic heterocycles. The smallest absolute Gasteiger partial charge is 0.221 e. The molecule has 1 aliphatic rings. The van der Waals surface area contributed by atoms with Crippen molar-refractivity contribution in [2.24, 2.45) is 5.92 Å². The Bertz CT molecular complexity index is 338. The van der Waals surface area contributed by atoms with Crippen LogP contribution in [0.4, 0.5) is 0 Å². The highest BCUT2D eigenvalue weighted by molar-refractivity contribution is 5.13. The number of nitrogens with one attached hydrogen (secondary N) is 1. The lowest BCUT2D eigenvalue weighted by Crippen LogP contribution is -2.27. The second-order valence-electron chi connectivity index (χ2n) is 3.86. The molecule has 0 amide bonds. The van der Waals surface area contributed by atoms with Gasteiger partial charge in [-0.1, -0.05) is 30.3 Å². The van der Waals surface area contributed by atoms with Crippen LogP contribution in [0, 0.1) is 10.8 Å². The van der Waals surface area contributed by atoms with E-state index < -0.39 is 0 Å². The second kappa shape index (κ2) is 5.46. The monoisotopic (exact) mass is 223 g/mol. The molecule has 5 nitrogen and oxygen atoms in total. The summed E-state index contributed by atoms with van der Waals surface area (Å²) in [6.45, 7) is 0.789. The van der Waals surface area contributed by atoms with Crippen molar-refractivity contribution in [3.63, 3.8) is 0 Å². The van der Waals surface area contributed by atoms with E-state index in [1.165, 1.54) is 12.8 Å². The Hall–Kier alpha value is -1.62. The standard InChI is InChI=1S/C11H15N2O3/c14-13(12-15-8-11-6-7-11)16-9-10-4-2-1-3-5-10/h1-5,11H,6-9H2,(H,12,14)/q+1. The van der Waals surface area contributed by atoms with Crippen molar-refractivity contribution in [3.8, 4) is 0 Å². The molecule has 1 fully saturated rings. The summed E-state index contributed by atoms with van der Waals surface area (Å²) in [6.07, 6.45) is 2.37. The van der Waals surface area contributed by atoms with Crippen LogP contribution in [0.2, 0.25) is 0 Å². The number of nitrogens with zero attached hydrogens (tertiary/aromatic N) is 1. The average molecular weight is 223 g/mol. The lowest BCUT2D eigenvalue weighted by molar-refractivity contribution is -0.875. The van der Waals surface area contributed by atoms with E-state index in [1.807, 2.05) is 30.3 Å². The molecular formula is C11H15N2O3+. The first kappa shape index (κ1) is 10.9. The van der Waals surface area contributed by atoms with Crippen molar-refractivity contribution in [1.82, 2.24) is 5.59 Å². The first-order valence-corrected chi connectivity index (χ1v) is 5.36. The molecule has 1 aromatic carbocycles. The zero-order valence-corrected chi connectivity index (χ0v) is 8.96. The van der Waals surface area contributed by atoms with Crippen LogP contribution in [-0.2, 0) is 16.3 Å². The summed E-state index contributed by atoms with van der Waals surface area (Å²) in [7, 11) is 0. The predicted octanol–water partition coefficient (Wildman–Crippen LogP) is 1.74. The molecule has 16 heavy (non-hydrogen) atoms. The van der Waals surface area contributed by atoms with E-state index in [-0.39, 0.29) is 11.6 Å². The van der Waals surface area contributed by atoms with Crippen molar-refractivity contribution >= 4 is 0 Å². The Morgan fingerprint density at radius 3 is 2.75 bits per heavy atom. The summed E-state index contributed by atoms with van der Waals surface area (Å²) in [6, 6.07) is 9.48. The van der Waals surface area contributed by atoms with Crippen molar-refractivity contribution in [2.45, 2.75) is 19.4 Å². The van der Waals surface area contributed by atoms with Crippen LogP contribution < -0.4 is 5.59 Å². The Morgan fingerprint density at radius 1 is 1.31 bits per heavy atom. The van der Waals surface area contributed by atoms with Gasteiger partial charge < -0.3 is 0 Å². The van der Waals surface area contributed by atoms with E-state index in [9.17, 15) is 4.91 Å². The second-order valence-corrected chi connectivity index (χ2v) is 3.86. The SMILES string of the molecule is O=[N+](NOCC1CC1)OCc1ccccc1. The van der Waals surface area contributed by atoms with Crippen LogP contribution in [0.15, 0.2) is 30.3 Å². The van der Waals surface area contributed by atoms with Gasteiger partial charge in [-0.25, -0.2) is 4.84 Å². The molecule has 1 N–H and O–H groups in total. The fourth-order valence-electron chi connectivity index (χ4n) is 1.23. The number of benzene rings is 1. The third-order valence-electron chi connectivity index (χ3n) is 2.35. The quantitative estimate of drug-likeness (QED) is 0.715. The Morgan fingerprint density at radius 2 is 2.06 bits per heavy atom. The molecule has 0 aromatic heterocycles. The molecule has 1 saturated carbocycles. The van der Waals surface area contributed by atoms with Gasteiger partial charge >= 0.3 is 5.03 Å². The van der Waals surface area contributed by atoms with E-state index in [4.69, 9.17) is 9.68 Å². The molecule has 0 bridgehead atoms. The van der Waals surface area contributed by atoms with Gasteiger partial charge in [0.15, 0.2) is 6.61 Å². The lowest BCUT2D eigenvalue weighted by Gasteiger charge is -1.97. The number of rotatable bonds is 7. The highest BCUT2D eigenvalue weighted by Crippen LogP contribution is 2.28. The van der Waals surface area contributed by atoms with Crippen molar-refractivity contribution in [2.75, 3.05) is 6.61 Å². The lowest BCUT2D eigenvalue weighted by atomic mass is 10.2. The molecule has 0 atom stereocenters. The van der Waals surface area contributed by atoms with Gasteiger partial charge in [-0.05, 0) is 24.3 Å². The normalized spacial score (nSPS) is 14.5. The Labute approximate surface area is 93.8 Å². The number of hydrogen-bond acceptors (Lipinski definition) is 3. The highest BCUT2D eigenvalue weighted by atomic mass is 16.9. The van der Waals surface area contributed by atoms with Gasteiger partial charge in [0.05, 0.1) is 6.61 Å². The predicted molar refractivity (Wildman–Crippen MR) is 56.7 cm³/mol. The van der Waals surface area contributed by atoms with E-state index in [0.29, 0.717) is 12.5 Å². The fourth-order valence-corrected chi connectivity index (χ4v) is 1.23. The maximum Gasteiger partial charge on any atom is 0.383 e. The maximum absolute atomic E-state index is 11.1. The van der Waals surface area contributed by atoms with Gasteiger partial charge in [-0.3, -0.25) is 0 Å². The molecule has 1 aromatic rings. The minimum Gasteiger partial charge on any atom is -0.221 e. The first-order valence-electron chi connectivity index (χ1n) is 5.36. The Balaban J connectivity index is 1.59. The third-order valence-corrected chi connectivity index (χ3v) is 2.35. The van der Waals surface area contributed by atoms with Gasteiger partial charge in [-0.15, -0.1) is 0 Å². The molecule has 0 spiro atoms. The summed E-state index contributed by atoms with van der Waals surface area (Å²) in [5, 5.41) is 0.245. The van der Waals surface area contributed by atoms with E-state index in [2.05, 4.69) is 5.59 Å². The van der Waals surface area contributed by atoms with Crippen LogP contribution in [0.25, 0.3) is 0 Å². The summed E-state index contributed by atoms with van der Waals surface area (Å²) in [5.41, 5.74) is 3.12. The van der Waals surface area contributed by atoms with E-state index in [1.54, 1.807) is 0 Å². The Kier molecular flexibility index (Phi) is 3.71. The fraction of sp³-hybridized carbons (Fsp3) is 0.455. The molecule has 0 unspecified atom stereocenters. The largest absolute Gasteiger partial charge is 0.383 e. The molecule has 0 heterocycles. The topological polar surface area (TPSA) is 50.6 Å². The molecule has 1 aliphatic carbocycles. The maximum atomic E-state index is 11.1. The van der Waals surface area contributed by atoms with Crippen LogP contribution in [-0.4, -0.2) is 11.6 Å². The van der Waals surface area contributed by atoms with Crippen molar-refractivity contribution < 1.29 is 14.7 Å². The van der Waals surface area contributed by atoms with Gasteiger partial charge in [0.2, 0.25) is 0 Å². The van der Waals surface area contributed by atoms with Gasteiger partial charge in [0, 0.05) is 5.59 Å². The molecule has 0 saturated heterocycles. The van der Waals surface area contributed by atoms with E-state index in [0.717, 1.165) is 5.56 Å². The molecule has 5 heteroatoms. The van der Waals surface area contributed by atoms with Gasteiger partial charge in [-0.2, -0.15) is 4.84 Å². The van der Waals surface area contributed by atoms with Crippen LogP contribution in [0.3, 0.4) is 0 Å². The number of hydrazine groups is 1. The molecular weight excluding hydrogens is 208 g/mol. The van der Waals surface area contributed by atoms with Crippen molar-refractivity contribution in [3.05, 3.63) is 40.8 Å². The molecule has 0 radical (unpaired) electrons. The van der Waals surface area contributed by atoms with Gasteiger partial charge in [0.1, 0.15) is 4.91 Å². The van der Waals surface area contributed by atoms with Gasteiger partial charge in [0.25, 0.3) is 0 Å².